The highest BCUT2D eigenvalue weighted by molar-refractivity contribution is 6.42. The molecule has 118 valence electrons. The molecule has 2 N–H and O–H groups in total. The lowest BCUT2D eigenvalue weighted by molar-refractivity contribution is -0.141. The fourth-order valence-corrected chi connectivity index (χ4v) is 3.73. The molecule has 0 heterocycles. The van der Waals surface area contributed by atoms with Crippen LogP contribution >= 0.6 is 23.2 Å². The normalized spacial score (nSPS) is 30.1. The van der Waals surface area contributed by atoms with Crippen LogP contribution in [-0.4, -0.2) is 23.0 Å². The molecule has 2 aliphatic rings. The van der Waals surface area contributed by atoms with Crippen molar-refractivity contribution < 1.29 is 14.7 Å². The number of carboxylic acids is 1. The van der Waals surface area contributed by atoms with Gasteiger partial charge in [-0.05, 0) is 43.2 Å². The highest BCUT2D eigenvalue weighted by atomic mass is 35.5. The third kappa shape index (κ3) is 3.08. The van der Waals surface area contributed by atoms with E-state index in [9.17, 15) is 9.59 Å². The number of nitrogens with one attached hydrogen (secondary N) is 1. The van der Waals surface area contributed by atoms with Crippen molar-refractivity contribution in [2.45, 2.75) is 37.6 Å². The van der Waals surface area contributed by atoms with Gasteiger partial charge in [-0.3, -0.25) is 9.59 Å². The Morgan fingerprint density at radius 1 is 1.18 bits per heavy atom. The van der Waals surface area contributed by atoms with E-state index in [0.717, 1.165) is 18.4 Å². The van der Waals surface area contributed by atoms with E-state index in [1.807, 2.05) is 12.1 Å². The zero-order chi connectivity index (χ0) is 15.9. The topological polar surface area (TPSA) is 66.4 Å². The van der Waals surface area contributed by atoms with Gasteiger partial charge in [0, 0.05) is 12.0 Å². The second kappa shape index (κ2) is 6.09. The fraction of sp³-hybridized carbons (Fsp3) is 0.500. The second-order valence-corrected chi connectivity index (χ2v) is 6.93. The largest absolute Gasteiger partial charge is 0.481 e. The molecule has 0 spiro atoms. The molecule has 0 bridgehead atoms. The predicted molar refractivity (Wildman–Crippen MR) is 84.2 cm³/mol. The van der Waals surface area contributed by atoms with Crippen LogP contribution in [0.3, 0.4) is 0 Å². The molecule has 4 nitrogen and oxygen atoms in total. The molecule has 0 radical (unpaired) electrons. The molecule has 2 saturated carbocycles. The van der Waals surface area contributed by atoms with Crippen LogP contribution in [0.25, 0.3) is 0 Å². The smallest absolute Gasteiger partial charge is 0.306 e. The summed E-state index contributed by atoms with van der Waals surface area (Å²) in [6, 6.07) is 5.45. The quantitative estimate of drug-likeness (QED) is 0.881. The van der Waals surface area contributed by atoms with Gasteiger partial charge in [0.05, 0.1) is 16.0 Å². The van der Waals surface area contributed by atoms with Crippen molar-refractivity contribution in [1.29, 1.82) is 0 Å². The minimum absolute atomic E-state index is 0.00270. The number of halogens is 2. The molecule has 1 aromatic rings. The van der Waals surface area contributed by atoms with Gasteiger partial charge in [-0.2, -0.15) is 0 Å². The third-order valence-corrected chi connectivity index (χ3v) is 5.47. The summed E-state index contributed by atoms with van der Waals surface area (Å²) in [5.41, 5.74) is 0.921. The van der Waals surface area contributed by atoms with Gasteiger partial charge in [0.1, 0.15) is 0 Å². The van der Waals surface area contributed by atoms with Gasteiger partial charge < -0.3 is 10.4 Å². The molecule has 2 unspecified atom stereocenters. The van der Waals surface area contributed by atoms with E-state index < -0.39 is 5.97 Å². The molecule has 2 fully saturated rings. The first kappa shape index (κ1) is 15.6. The van der Waals surface area contributed by atoms with Crippen molar-refractivity contribution in [3.63, 3.8) is 0 Å². The fourth-order valence-electron chi connectivity index (χ4n) is 3.28. The first-order valence-electron chi connectivity index (χ1n) is 7.44. The van der Waals surface area contributed by atoms with Gasteiger partial charge >= 0.3 is 5.97 Å². The molecule has 22 heavy (non-hydrogen) atoms. The number of aliphatic carboxylic acids is 1. The van der Waals surface area contributed by atoms with Crippen molar-refractivity contribution in [2.75, 3.05) is 0 Å². The standard InChI is InChI=1S/C16H17Cl2NO3/c17-13-3-1-2-10(14(13)18)11-7-12(11)15(20)19-9-5-4-8(6-9)16(21)22/h1-3,8-9,11-12H,4-7H2,(H,19,20)(H,21,22)/t8-,9+,11?,12?/m0/s1. The highest BCUT2D eigenvalue weighted by Crippen LogP contribution is 2.50. The number of rotatable bonds is 4. The summed E-state index contributed by atoms with van der Waals surface area (Å²) in [6.45, 7) is 0. The lowest BCUT2D eigenvalue weighted by atomic mass is 10.1. The minimum atomic E-state index is -0.772. The van der Waals surface area contributed by atoms with Crippen LogP contribution in [0, 0.1) is 11.8 Å². The molecule has 2 aliphatic carbocycles. The molecule has 1 amide bonds. The monoisotopic (exact) mass is 341 g/mol. The third-order valence-electron chi connectivity index (χ3n) is 4.64. The second-order valence-electron chi connectivity index (χ2n) is 6.15. The molecular weight excluding hydrogens is 325 g/mol. The summed E-state index contributed by atoms with van der Waals surface area (Å²) >= 11 is 12.2. The Kier molecular flexibility index (Phi) is 4.33. The molecule has 0 aliphatic heterocycles. The van der Waals surface area contributed by atoms with Crippen molar-refractivity contribution in [3.8, 4) is 0 Å². The van der Waals surface area contributed by atoms with E-state index in [1.54, 1.807) is 6.07 Å². The summed E-state index contributed by atoms with van der Waals surface area (Å²) in [6.07, 6.45) is 2.66. The summed E-state index contributed by atoms with van der Waals surface area (Å²) in [5.74, 6) is -1.07. The van der Waals surface area contributed by atoms with Crippen molar-refractivity contribution in [1.82, 2.24) is 5.32 Å². The number of benzene rings is 1. The van der Waals surface area contributed by atoms with Crippen LogP contribution in [0.5, 0.6) is 0 Å². The zero-order valence-corrected chi connectivity index (χ0v) is 13.4. The summed E-state index contributed by atoms with van der Waals surface area (Å²) in [7, 11) is 0. The predicted octanol–water partition coefficient (Wildman–Crippen LogP) is 3.47. The maximum atomic E-state index is 12.3. The van der Waals surface area contributed by atoms with E-state index >= 15 is 0 Å². The van der Waals surface area contributed by atoms with Gasteiger partial charge in [0.15, 0.2) is 0 Å². The number of carbonyl (C=O) groups is 2. The number of hydrogen-bond acceptors (Lipinski definition) is 2. The van der Waals surface area contributed by atoms with Crippen LogP contribution in [0.4, 0.5) is 0 Å². The van der Waals surface area contributed by atoms with Crippen molar-refractivity contribution >= 4 is 35.1 Å². The van der Waals surface area contributed by atoms with Crippen LogP contribution in [0.15, 0.2) is 18.2 Å². The average molecular weight is 342 g/mol. The Bertz CT molecular complexity index is 619. The van der Waals surface area contributed by atoms with Gasteiger partial charge in [0.25, 0.3) is 0 Å². The molecule has 4 atom stereocenters. The van der Waals surface area contributed by atoms with Gasteiger partial charge in [-0.1, -0.05) is 35.3 Å². The maximum Gasteiger partial charge on any atom is 0.306 e. The van der Waals surface area contributed by atoms with Crippen LogP contribution in [0.1, 0.15) is 37.2 Å². The van der Waals surface area contributed by atoms with Crippen molar-refractivity contribution in [2.24, 2.45) is 11.8 Å². The SMILES string of the molecule is O=C(N[C@@H]1CC[C@H](C(=O)O)C1)C1CC1c1cccc(Cl)c1Cl. The lowest BCUT2D eigenvalue weighted by Gasteiger charge is -2.12. The Labute approximate surface area is 138 Å². The maximum absolute atomic E-state index is 12.3. The zero-order valence-electron chi connectivity index (χ0n) is 11.9. The molecule has 3 rings (SSSR count). The first-order chi connectivity index (χ1) is 10.5. The summed E-state index contributed by atoms with van der Waals surface area (Å²) < 4.78 is 0. The molecule has 0 aromatic heterocycles. The number of carbonyl (C=O) groups excluding carboxylic acids is 1. The average Bonchev–Trinajstić information content (AvgIpc) is 3.13. The molecule has 1 aromatic carbocycles. The van der Waals surface area contributed by atoms with Gasteiger partial charge in [-0.25, -0.2) is 0 Å². The van der Waals surface area contributed by atoms with Crippen molar-refractivity contribution in [3.05, 3.63) is 33.8 Å². The number of amides is 1. The first-order valence-corrected chi connectivity index (χ1v) is 8.20. The van der Waals surface area contributed by atoms with Crippen LogP contribution in [0.2, 0.25) is 10.0 Å². The van der Waals surface area contributed by atoms with E-state index in [0.29, 0.717) is 22.9 Å². The number of hydrogen-bond donors (Lipinski definition) is 2. The Hall–Kier alpha value is -1.26. The van der Waals surface area contributed by atoms with E-state index in [2.05, 4.69) is 5.32 Å². The van der Waals surface area contributed by atoms with Gasteiger partial charge in [0.2, 0.25) is 5.91 Å². The van der Waals surface area contributed by atoms with Gasteiger partial charge in [-0.15, -0.1) is 0 Å². The Morgan fingerprint density at radius 2 is 1.95 bits per heavy atom. The van der Waals surface area contributed by atoms with E-state index in [-0.39, 0.29) is 29.7 Å². The highest BCUT2D eigenvalue weighted by Gasteiger charge is 2.46. The van der Waals surface area contributed by atoms with E-state index in [4.69, 9.17) is 28.3 Å². The molecule has 0 saturated heterocycles. The minimum Gasteiger partial charge on any atom is -0.481 e. The lowest BCUT2D eigenvalue weighted by Crippen LogP contribution is -2.34. The van der Waals surface area contributed by atoms with E-state index in [1.165, 1.54) is 0 Å². The summed E-state index contributed by atoms with van der Waals surface area (Å²) in [4.78, 5) is 23.2. The summed E-state index contributed by atoms with van der Waals surface area (Å²) in [5, 5.41) is 13.0. The molecular formula is C16H17Cl2NO3. The Morgan fingerprint density at radius 3 is 2.64 bits per heavy atom. The van der Waals surface area contributed by atoms with Crippen LogP contribution in [-0.2, 0) is 9.59 Å². The Balaban J connectivity index is 1.57. The number of carboxylic acid groups (broad SMARTS) is 1. The molecule has 6 heteroatoms. The van der Waals surface area contributed by atoms with Crippen LogP contribution < -0.4 is 5.32 Å².